The van der Waals surface area contributed by atoms with Crippen molar-refractivity contribution in [1.29, 1.82) is 0 Å². The number of carbonyl (C=O) groups is 2. The standard InChI is InChI=1S/C25H34N2O6/c1-6-32-24(30)22-26-18(2)20(14-16-31-17-19-11-8-7-9-12-19)23(29)27(22)15-10-13-21(28)33-25(3,4)5/h7-9,11-12H,6,10,13-17H2,1-5H3. The summed E-state index contributed by atoms with van der Waals surface area (Å²) in [5.74, 6) is -1.08. The second-order valence-electron chi connectivity index (χ2n) is 8.65. The molecule has 8 heteroatoms. The van der Waals surface area contributed by atoms with Crippen LogP contribution in [0.25, 0.3) is 0 Å². The van der Waals surface area contributed by atoms with Crippen LogP contribution in [0.1, 0.15) is 68.0 Å². The number of hydrogen-bond acceptors (Lipinski definition) is 7. The van der Waals surface area contributed by atoms with E-state index in [9.17, 15) is 14.4 Å². The zero-order valence-corrected chi connectivity index (χ0v) is 20.2. The molecule has 0 bridgehead atoms. The molecule has 2 rings (SSSR count). The van der Waals surface area contributed by atoms with Crippen LogP contribution in [-0.2, 0) is 38.6 Å². The van der Waals surface area contributed by atoms with E-state index >= 15 is 0 Å². The van der Waals surface area contributed by atoms with Gasteiger partial charge in [0.25, 0.3) is 5.56 Å². The van der Waals surface area contributed by atoms with Gasteiger partial charge in [-0.05, 0) is 46.6 Å². The number of benzene rings is 1. The Bertz CT molecular complexity index is 992. The van der Waals surface area contributed by atoms with Crippen LogP contribution >= 0.6 is 0 Å². The van der Waals surface area contributed by atoms with Crippen LogP contribution in [0.2, 0.25) is 0 Å². The van der Waals surface area contributed by atoms with Gasteiger partial charge >= 0.3 is 11.9 Å². The maximum Gasteiger partial charge on any atom is 0.374 e. The summed E-state index contributed by atoms with van der Waals surface area (Å²) in [6.07, 6.45) is 0.810. The lowest BCUT2D eigenvalue weighted by atomic mass is 10.1. The second kappa shape index (κ2) is 12.3. The molecule has 180 valence electrons. The van der Waals surface area contributed by atoms with Gasteiger partial charge in [-0.2, -0.15) is 0 Å². The number of aryl methyl sites for hydroxylation is 1. The van der Waals surface area contributed by atoms with Gasteiger partial charge in [-0.25, -0.2) is 9.78 Å². The minimum Gasteiger partial charge on any atom is -0.460 e. The Kier molecular flexibility index (Phi) is 9.78. The summed E-state index contributed by atoms with van der Waals surface area (Å²) in [4.78, 5) is 42.1. The lowest BCUT2D eigenvalue weighted by Crippen LogP contribution is -2.33. The lowest BCUT2D eigenvalue weighted by molar-refractivity contribution is -0.154. The number of esters is 2. The maximum absolute atomic E-state index is 13.2. The summed E-state index contributed by atoms with van der Waals surface area (Å²) < 4.78 is 17.4. The molecule has 1 heterocycles. The van der Waals surface area contributed by atoms with Gasteiger partial charge in [-0.15, -0.1) is 0 Å². The van der Waals surface area contributed by atoms with Crippen LogP contribution in [0, 0.1) is 6.92 Å². The molecule has 0 fully saturated rings. The van der Waals surface area contributed by atoms with Crippen molar-refractivity contribution in [1.82, 2.24) is 9.55 Å². The summed E-state index contributed by atoms with van der Waals surface area (Å²) in [7, 11) is 0. The summed E-state index contributed by atoms with van der Waals surface area (Å²) in [5.41, 5.74) is 1.09. The van der Waals surface area contributed by atoms with Crippen molar-refractivity contribution < 1.29 is 23.8 Å². The number of nitrogens with zero attached hydrogens (tertiary/aromatic N) is 2. The molecular formula is C25H34N2O6. The molecule has 33 heavy (non-hydrogen) atoms. The highest BCUT2D eigenvalue weighted by molar-refractivity contribution is 5.85. The van der Waals surface area contributed by atoms with Gasteiger partial charge in [0.15, 0.2) is 0 Å². The Balaban J connectivity index is 2.14. The van der Waals surface area contributed by atoms with Crippen LogP contribution in [-0.4, -0.2) is 40.3 Å². The molecule has 0 spiro atoms. The van der Waals surface area contributed by atoms with E-state index in [-0.39, 0.29) is 36.9 Å². The third-order valence-electron chi connectivity index (χ3n) is 4.72. The van der Waals surface area contributed by atoms with Gasteiger partial charge in [0.05, 0.1) is 19.8 Å². The average Bonchev–Trinajstić information content (AvgIpc) is 2.74. The van der Waals surface area contributed by atoms with Crippen molar-refractivity contribution in [2.75, 3.05) is 13.2 Å². The molecule has 0 aliphatic rings. The third kappa shape index (κ3) is 8.46. The number of carbonyl (C=O) groups excluding carboxylic acids is 2. The van der Waals surface area contributed by atoms with Gasteiger partial charge in [0.1, 0.15) is 5.60 Å². The first kappa shape index (κ1) is 26.3. The summed E-state index contributed by atoms with van der Waals surface area (Å²) in [6, 6.07) is 9.76. The van der Waals surface area contributed by atoms with E-state index in [1.807, 2.05) is 30.3 Å². The highest BCUT2D eigenvalue weighted by Crippen LogP contribution is 2.11. The molecule has 0 unspecified atom stereocenters. The smallest absolute Gasteiger partial charge is 0.374 e. The molecular weight excluding hydrogens is 424 g/mol. The Labute approximate surface area is 194 Å². The van der Waals surface area contributed by atoms with Crippen molar-refractivity contribution in [2.24, 2.45) is 0 Å². The van der Waals surface area contributed by atoms with Crippen LogP contribution in [0.3, 0.4) is 0 Å². The highest BCUT2D eigenvalue weighted by Gasteiger charge is 2.21. The van der Waals surface area contributed by atoms with Crippen molar-refractivity contribution in [3.05, 3.63) is 63.3 Å². The van der Waals surface area contributed by atoms with E-state index in [4.69, 9.17) is 14.2 Å². The van der Waals surface area contributed by atoms with Crippen LogP contribution in [0.4, 0.5) is 0 Å². The molecule has 1 aromatic carbocycles. The summed E-state index contributed by atoms with van der Waals surface area (Å²) in [5, 5.41) is 0. The maximum atomic E-state index is 13.2. The quantitative estimate of drug-likeness (QED) is 0.375. The fourth-order valence-electron chi connectivity index (χ4n) is 3.26. The Hall–Kier alpha value is -3.00. The molecule has 8 nitrogen and oxygen atoms in total. The molecule has 0 N–H and O–H groups in total. The van der Waals surface area contributed by atoms with Crippen molar-refractivity contribution in [2.45, 2.75) is 72.6 Å². The number of hydrogen-bond donors (Lipinski definition) is 0. The van der Waals surface area contributed by atoms with Gasteiger partial charge in [-0.1, -0.05) is 30.3 Å². The highest BCUT2D eigenvalue weighted by atomic mass is 16.6. The zero-order chi connectivity index (χ0) is 24.4. The van der Waals surface area contributed by atoms with Gasteiger partial charge in [0, 0.05) is 30.6 Å². The van der Waals surface area contributed by atoms with E-state index in [0.29, 0.717) is 37.3 Å². The third-order valence-corrected chi connectivity index (χ3v) is 4.72. The monoisotopic (exact) mass is 458 g/mol. The fraction of sp³-hybridized carbons (Fsp3) is 0.520. The normalized spacial score (nSPS) is 11.3. The van der Waals surface area contributed by atoms with Crippen LogP contribution < -0.4 is 5.56 Å². The fourth-order valence-corrected chi connectivity index (χ4v) is 3.26. The Morgan fingerprint density at radius 1 is 1.12 bits per heavy atom. The lowest BCUT2D eigenvalue weighted by Gasteiger charge is -2.19. The Morgan fingerprint density at radius 2 is 1.82 bits per heavy atom. The van der Waals surface area contributed by atoms with Crippen molar-refractivity contribution in [3.8, 4) is 0 Å². The zero-order valence-electron chi connectivity index (χ0n) is 20.2. The molecule has 2 aromatic rings. The topological polar surface area (TPSA) is 96.7 Å². The second-order valence-corrected chi connectivity index (χ2v) is 8.65. The molecule has 1 aromatic heterocycles. The van der Waals surface area contributed by atoms with Crippen LogP contribution in [0.5, 0.6) is 0 Å². The molecule has 0 amide bonds. The largest absolute Gasteiger partial charge is 0.460 e. The minimum absolute atomic E-state index is 0.0579. The first-order chi connectivity index (χ1) is 15.6. The van der Waals surface area contributed by atoms with Gasteiger partial charge in [-0.3, -0.25) is 14.2 Å². The SMILES string of the molecule is CCOC(=O)c1nc(C)c(CCOCc2ccccc2)c(=O)n1CCCC(=O)OC(C)(C)C. The number of ether oxygens (including phenoxy) is 3. The predicted molar refractivity (Wildman–Crippen MR) is 124 cm³/mol. The van der Waals surface area contributed by atoms with E-state index in [0.717, 1.165) is 5.56 Å². The van der Waals surface area contributed by atoms with E-state index in [2.05, 4.69) is 4.98 Å². The van der Waals surface area contributed by atoms with Gasteiger partial charge < -0.3 is 14.2 Å². The first-order valence-corrected chi connectivity index (χ1v) is 11.2. The summed E-state index contributed by atoms with van der Waals surface area (Å²) >= 11 is 0. The average molecular weight is 459 g/mol. The van der Waals surface area contributed by atoms with Crippen LogP contribution in [0.15, 0.2) is 35.1 Å². The van der Waals surface area contributed by atoms with E-state index < -0.39 is 11.6 Å². The van der Waals surface area contributed by atoms with Crippen molar-refractivity contribution in [3.63, 3.8) is 0 Å². The molecule has 0 aliphatic heterocycles. The molecule has 0 aliphatic carbocycles. The van der Waals surface area contributed by atoms with Crippen molar-refractivity contribution >= 4 is 11.9 Å². The molecule has 0 radical (unpaired) electrons. The van der Waals surface area contributed by atoms with Gasteiger partial charge in [0.2, 0.25) is 5.82 Å². The minimum atomic E-state index is -0.665. The first-order valence-electron chi connectivity index (χ1n) is 11.2. The van der Waals surface area contributed by atoms with E-state index in [1.54, 1.807) is 34.6 Å². The predicted octanol–water partition coefficient (Wildman–Crippen LogP) is 3.61. The number of aromatic nitrogens is 2. The molecule has 0 saturated heterocycles. The number of rotatable bonds is 11. The summed E-state index contributed by atoms with van der Waals surface area (Å²) in [6.45, 7) is 9.87. The molecule has 0 saturated carbocycles. The molecule has 0 atom stereocenters. The van der Waals surface area contributed by atoms with E-state index in [1.165, 1.54) is 4.57 Å². The Morgan fingerprint density at radius 3 is 2.45 bits per heavy atom.